The van der Waals surface area contributed by atoms with Crippen molar-refractivity contribution in [3.8, 4) is 0 Å². The van der Waals surface area contributed by atoms with Gasteiger partial charge in [0.25, 0.3) is 0 Å². The molecule has 0 spiro atoms. The molecule has 6 atom stereocenters. The van der Waals surface area contributed by atoms with E-state index >= 15 is 0 Å². The fourth-order valence-electron chi connectivity index (χ4n) is 2.84. The van der Waals surface area contributed by atoms with E-state index in [9.17, 15) is 19.8 Å². The van der Waals surface area contributed by atoms with Gasteiger partial charge in [-0.05, 0) is 37.5 Å². The third-order valence-electron chi connectivity index (χ3n) is 4.34. The molecule has 0 bridgehead atoms. The predicted octanol–water partition coefficient (Wildman–Crippen LogP) is -7.71. The summed E-state index contributed by atoms with van der Waals surface area (Å²) in [4.78, 5) is 20.5. The molecule has 0 aromatic heterocycles. The number of aliphatic hydroxyl groups is 2. The average Bonchev–Trinajstić information content (AvgIpc) is 2.85. The van der Waals surface area contributed by atoms with Crippen LogP contribution in [0.25, 0.3) is 0 Å². The van der Waals surface area contributed by atoms with Gasteiger partial charge in [0.15, 0.2) is 0 Å². The third-order valence-corrected chi connectivity index (χ3v) is 4.34. The second kappa shape index (κ2) is 11.4. The van der Waals surface area contributed by atoms with Crippen LogP contribution in [0.4, 0.5) is 0 Å². The molecule has 2 saturated carbocycles. The van der Waals surface area contributed by atoms with Crippen LogP contribution in [0.2, 0.25) is 0 Å². The van der Waals surface area contributed by atoms with Crippen molar-refractivity contribution in [2.24, 2.45) is 23.7 Å². The number of carbonyl (C=O) groups is 2. The van der Waals surface area contributed by atoms with Crippen molar-refractivity contribution in [3.05, 3.63) is 0 Å². The molecule has 0 aromatic rings. The van der Waals surface area contributed by atoms with Crippen LogP contribution in [0.3, 0.4) is 0 Å². The maximum atomic E-state index is 10.3. The number of rotatable bonds is 2. The van der Waals surface area contributed by atoms with Gasteiger partial charge in [-0.25, -0.2) is 0 Å². The molecule has 0 heterocycles. The van der Waals surface area contributed by atoms with Crippen LogP contribution in [0.15, 0.2) is 0 Å². The minimum atomic E-state index is -1.02. The number of aliphatic carboxylic acids is 2. The van der Waals surface area contributed by atoms with E-state index in [1.165, 1.54) is 0 Å². The van der Waals surface area contributed by atoms with Crippen molar-refractivity contribution in [1.82, 2.24) is 0 Å². The topological polar surface area (TPSA) is 121 Å². The number of carbonyl (C=O) groups excluding carboxylic acids is 2. The monoisotopic (exact) mass is 332 g/mol. The van der Waals surface area contributed by atoms with Crippen LogP contribution in [0, 0.1) is 23.7 Å². The van der Waals surface area contributed by atoms with Crippen LogP contribution in [0.1, 0.15) is 39.5 Å². The quantitative estimate of drug-likeness (QED) is 0.485. The molecule has 2 fully saturated rings. The van der Waals surface area contributed by atoms with Crippen LogP contribution < -0.4 is 69.3 Å². The zero-order valence-corrected chi connectivity index (χ0v) is 17.8. The summed E-state index contributed by atoms with van der Waals surface area (Å²) in [7, 11) is 0. The molecule has 116 valence electrons. The normalized spacial score (nSPS) is 36.4. The maximum absolute atomic E-state index is 10.3. The van der Waals surface area contributed by atoms with Crippen molar-refractivity contribution in [2.75, 3.05) is 0 Å². The van der Waals surface area contributed by atoms with E-state index in [4.69, 9.17) is 10.2 Å². The van der Waals surface area contributed by atoms with Crippen molar-refractivity contribution in [2.45, 2.75) is 51.7 Å². The number of carboxylic acid groups (broad SMARTS) is 2. The minimum Gasteiger partial charge on any atom is -0.550 e. The van der Waals surface area contributed by atoms with E-state index in [2.05, 4.69) is 0 Å². The number of aliphatic hydroxyl groups excluding tert-OH is 2. The molecule has 0 radical (unpaired) electrons. The van der Waals surface area contributed by atoms with Gasteiger partial charge in [-0.2, -0.15) is 0 Å². The van der Waals surface area contributed by atoms with Crippen LogP contribution in [-0.2, 0) is 9.59 Å². The largest absolute Gasteiger partial charge is 1.00 e. The fourth-order valence-corrected chi connectivity index (χ4v) is 2.84. The van der Waals surface area contributed by atoms with E-state index in [0.29, 0.717) is 25.7 Å². The minimum absolute atomic E-state index is 0. The standard InChI is InChI=1S/2C7H12O3.2Na/c2*1-4-2-5(7(9)10)3-6(4)8;;/h2*4-6,8H,2-3H2,1H3,(H,9,10);;/q;;2*+1/p-2/t4-,5+,6+;4-,5-,6-;;/m11../s1. The summed E-state index contributed by atoms with van der Waals surface area (Å²) in [5.74, 6) is -2.67. The van der Waals surface area contributed by atoms with Gasteiger partial charge in [0, 0.05) is 23.8 Å². The molecular weight excluding hydrogens is 310 g/mol. The van der Waals surface area contributed by atoms with E-state index in [1.54, 1.807) is 0 Å². The Labute approximate surface area is 175 Å². The first-order chi connectivity index (χ1) is 9.22. The van der Waals surface area contributed by atoms with Crippen molar-refractivity contribution >= 4 is 11.9 Å². The van der Waals surface area contributed by atoms with Crippen LogP contribution in [0.5, 0.6) is 0 Å². The second-order valence-corrected chi connectivity index (χ2v) is 6.06. The zero-order chi connectivity index (χ0) is 15.4. The molecule has 0 saturated heterocycles. The van der Waals surface area contributed by atoms with Crippen molar-refractivity contribution < 1.29 is 89.1 Å². The Morgan fingerprint density at radius 1 is 0.773 bits per heavy atom. The Hall–Kier alpha value is 0.860. The molecule has 2 aliphatic carbocycles. The first-order valence-electron chi connectivity index (χ1n) is 7.00. The molecule has 2 N–H and O–H groups in total. The Morgan fingerprint density at radius 2 is 1.05 bits per heavy atom. The second-order valence-electron chi connectivity index (χ2n) is 6.06. The van der Waals surface area contributed by atoms with Gasteiger partial charge in [0.05, 0.1) is 12.2 Å². The molecule has 0 aromatic carbocycles. The summed E-state index contributed by atoms with van der Waals surface area (Å²) in [5, 5.41) is 38.8. The summed E-state index contributed by atoms with van der Waals surface area (Å²) < 4.78 is 0. The molecule has 0 aliphatic heterocycles. The molecule has 2 rings (SSSR count). The molecular formula is C14H22Na2O6. The summed E-state index contributed by atoms with van der Waals surface area (Å²) in [6.45, 7) is 3.71. The Bertz CT molecular complexity index is 311. The molecule has 0 unspecified atom stereocenters. The van der Waals surface area contributed by atoms with Gasteiger partial charge in [-0.1, -0.05) is 13.8 Å². The van der Waals surface area contributed by atoms with E-state index in [-0.39, 0.29) is 71.0 Å². The first-order valence-corrected chi connectivity index (χ1v) is 7.00. The van der Waals surface area contributed by atoms with Gasteiger partial charge in [0.2, 0.25) is 0 Å². The fraction of sp³-hybridized carbons (Fsp3) is 0.857. The van der Waals surface area contributed by atoms with Gasteiger partial charge >= 0.3 is 59.1 Å². The third kappa shape index (κ3) is 7.62. The predicted molar refractivity (Wildman–Crippen MR) is 65.8 cm³/mol. The van der Waals surface area contributed by atoms with Crippen LogP contribution in [-0.4, -0.2) is 34.4 Å². The molecule has 22 heavy (non-hydrogen) atoms. The Morgan fingerprint density at radius 3 is 1.14 bits per heavy atom. The maximum Gasteiger partial charge on any atom is 1.00 e. The smallest absolute Gasteiger partial charge is 0.550 e. The number of hydrogen-bond acceptors (Lipinski definition) is 6. The molecule has 8 heteroatoms. The molecule has 6 nitrogen and oxygen atoms in total. The Balaban J connectivity index is 0. The Kier molecular flexibility index (Phi) is 13.0. The van der Waals surface area contributed by atoms with Gasteiger partial charge in [-0.15, -0.1) is 0 Å². The van der Waals surface area contributed by atoms with Crippen LogP contribution >= 0.6 is 0 Å². The summed E-state index contributed by atoms with van der Waals surface area (Å²) in [5.41, 5.74) is 0. The first kappa shape index (κ1) is 25.1. The molecule has 0 amide bonds. The van der Waals surface area contributed by atoms with E-state index < -0.39 is 36.0 Å². The van der Waals surface area contributed by atoms with Crippen molar-refractivity contribution in [3.63, 3.8) is 0 Å². The summed E-state index contributed by atoms with van der Waals surface area (Å²) in [6, 6.07) is 0. The average molecular weight is 332 g/mol. The van der Waals surface area contributed by atoms with Gasteiger partial charge in [0.1, 0.15) is 0 Å². The van der Waals surface area contributed by atoms with Crippen molar-refractivity contribution in [1.29, 1.82) is 0 Å². The molecule has 2 aliphatic rings. The number of hydrogen-bond donors (Lipinski definition) is 2. The summed E-state index contributed by atoms with van der Waals surface area (Å²) >= 11 is 0. The summed E-state index contributed by atoms with van der Waals surface area (Å²) in [6.07, 6.45) is 0.964. The van der Waals surface area contributed by atoms with Gasteiger partial charge in [-0.3, -0.25) is 0 Å². The zero-order valence-electron chi connectivity index (χ0n) is 13.8. The van der Waals surface area contributed by atoms with E-state index in [1.807, 2.05) is 13.8 Å². The van der Waals surface area contributed by atoms with Gasteiger partial charge < -0.3 is 30.0 Å². The SMILES string of the molecule is C[C@@H]1C[C@@H](C(=O)[O-])C[C@H]1O.C[C@@H]1C[C@H](C(=O)[O-])C[C@@H]1O.[Na+].[Na+]. The number of carboxylic acids is 2. The van der Waals surface area contributed by atoms with E-state index in [0.717, 1.165) is 0 Å².